The number of rotatable bonds is 5. The van der Waals surface area contributed by atoms with Crippen molar-refractivity contribution in [3.63, 3.8) is 0 Å². The number of benzene rings is 1. The first kappa shape index (κ1) is 19.7. The van der Waals surface area contributed by atoms with Gasteiger partial charge in [-0.05, 0) is 48.6 Å². The van der Waals surface area contributed by atoms with Gasteiger partial charge >= 0.3 is 0 Å². The molecule has 1 aliphatic rings. The number of likely N-dealkylation sites (tertiary alicyclic amines) is 1. The van der Waals surface area contributed by atoms with E-state index in [9.17, 15) is 9.90 Å². The Bertz CT molecular complexity index is 1010. The van der Waals surface area contributed by atoms with E-state index in [4.69, 9.17) is 4.98 Å². The molecule has 2 unspecified atom stereocenters. The van der Waals surface area contributed by atoms with Crippen LogP contribution in [0.2, 0.25) is 0 Å². The number of carbonyl (C=O) groups excluding carboxylic acids is 1. The van der Waals surface area contributed by atoms with Crippen LogP contribution < -0.4 is 0 Å². The highest BCUT2D eigenvalue weighted by Crippen LogP contribution is 2.29. The third kappa shape index (κ3) is 4.54. The van der Waals surface area contributed by atoms with Crippen LogP contribution in [0.5, 0.6) is 0 Å². The Morgan fingerprint density at radius 1 is 1.31 bits per heavy atom. The van der Waals surface area contributed by atoms with E-state index >= 15 is 0 Å². The minimum atomic E-state index is -0.497. The minimum Gasteiger partial charge on any atom is -0.389 e. The second-order valence-electron chi connectivity index (χ2n) is 7.76. The molecular weight excluding hydrogens is 382 g/mol. The van der Waals surface area contributed by atoms with E-state index in [1.165, 1.54) is 11.3 Å². The van der Waals surface area contributed by atoms with Gasteiger partial charge in [0.25, 0.3) is 5.91 Å². The molecule has 1 saturated heterocycles. The number of hydrogen-bond donors (Lipinski definition) is 1. The van der Waals surface area contributed by atoms with Crippen molar-refractivity contribution in [3.8, 4) is 10.6 Å². The first-order chi connectivity index (χ1) is 14.0. The molecular formula is C23H25N3O2S. The van der Waals surface area contributed by atoms with E-state index in [1.807, 2.05) is 47.4 Å². The van der Waals surface area contributed by atoms with Crippen LogP contribution in [0.25, 0.3) is 10.6 Å². The maximum atomic E-state index is 12.7. The van der Waals surface area contributed by atoms with Crippen molar-refractivity contribution in [2.45, 2.75) is 32.8 Å². The van der Waals surface area contributed by atoms with Gasteiger partial charge in [0, 0.05) is 25.7 Å². The van der Waals surface area contributed by atoms with Gasteiger partial charge in [0.15, 0.2) is 0 Å². The smallest absolute Gasteiger partial charge is 0.263 e. The van der Waals surface area contributed by atoms with Crippen molar-refractivity contribution in [3.05, 3.63) is 70.5 Å². The van der Waals surface area contributed by atoms with Gasteiger partial charge in [-0.1, -0.05) is 31.2 Å². The van der Waals surface area contributed by atoms with Crippen molar-refractivity contribution in [2.24, 2.45) is 5.92 Å². The van der Waals surface area contributed by atoms with Gasteiger partial charge in [-0.2, -0.15) is 0 Å². The SMILES string of the molecule is CC1CCN(C(=O)c2ccc(-c3ccnc(Cc4cccc(C(C)O)c4)n3)s2)C1. The predicted octanol–water partition coefficient (Wildman–Crippen LogP) is 4.33. The Kier molecular flexibility index (Phi) is 5.74. The van der Waals surface area contributed by atoms with E-state index in [-0.39, 0.29) is 5.91 Å². The molecule has 0 aliphatic carbocycles. The number of aliphatic hydroxyl groups excluding tert-OH is 1. The van der Waals surface area contributed by atoms with Crippen LogP contribution in [0, 0.1) is 5.92 Å². The number of nitrogens with zero attached hydrogens (tertiary/aromatic N) is 3. The number of thiophene rings is 1. The molecule has 2 atom stereocenters. The zero-order chi connectivity index (χ0) is 20.4. The number of hydrogen-bond acceptors (Lipinski definition) is 5. The summed E-state index contributed by atoms with van der Waals surface area (Å²) in [6.07, 6.45) is 2.94. The molecule has 150 valence electrons. The summed E-state index contributed by atoms with van der Waals surface area (Å²) >= 11 is 1.49. The van der Waals surface area contributed by atoms with Gasteiger partial charge < -0.3 is 10.0 Å². The van der Waals surface area contributed by atoms with Gasteiger partial charge in [-0.25, -0.2) is 9.97 Å². The second-order valence-corrected chi connectivity index (χ2v) is 8.85. The van der Waals surface area contributed by atoms with Crippen LogP contribution in [-0.2, 0) is 6.42 Å². The largest absolute Gasteiger partial charge is 0.389 e. The monoisotopic (exact) mass is 407 g/mol. The quantitative estimate of drug-likeness (QED) is 0.684. The lowest BCUT2D eigenvalue weighted by molar-refractivity contribution is 0.0793. The highest BCUT2D eigenvalue weighted by molar-refractivity contribution is 7.17. The van der Waals surface area contributed by atoms with Gasteiger partial charge in [0.1, 0.15) is 5.82 Å². The maximum absolute atomic E-state index is 12.7. The van der Waals surface area contributed by atoms with Crippen molar-refractivity contribution in [1.82, 2.24) is 14.9 Å². The fourth-order valence-electron chi connectivity index (χ4n) is 3.63. The molecule has 0 bridgehead atoms. The first-order valence-corrected chi connectivity index (χ1v) is 10.8. The summed E-state index contributed by atoms with van der Waals surface area (Å²) in [6, 6.07) is 13.6. The topological polar surface area (TPSA) is 66.3 Å². The summed E-state index contributed by atoms with van der Waals surface area (Å²) in [5.74, 6) is 1.42. The van der Waals surface area contributed by atoms with Gasteiger partial charge in [0.2, 0.25) is 0 Å². The van der Waals surface area contributed by atoms with Gasteiger partial charge in [0.05, 0.1) is 21.6 Å². The number of carbonyl (C=O) groups is 1. The summed E-state index contributed by atoms with van der Waals surface area (Å²) in [6.45, 7) is 5.63. The molecule has 3 heterocycles. The normalized spacial score (nSPS) is 17.5. The van der Waals surface area contributed by atoms with Crippen LogP contribution in [0.15, 0.2) is 48.7 Å². The number of amides is 1. The highest BCUT2D eigenvalue weighted by Gasteiger charge is 2.25. The molecule has 1 aromatic carbocycles. The predicted molar refractivity (Wildman–Crippen MR) is 115 cm³/mol. The first-order valence-electron chi connectivity index (χ1n) is 9.98. The van der Waals surface area contributed by atoms with E-state index in [2.05, 4.69) is 11.9 Å². The Morgan fingerprint density at radius 3 is 2.93 bits per heavy atom. The van der Waals surface area contributed by atoms with Gasteiger partial charge in [-0.15, -0.1) is 11.3 Å². The van der Waals surface area contributed by atoms with Gasteiger partial charge in [-0.3, -0.25) is 4.79 Å². The maximum Gasteiger partial charge on any atom is 0.263 e. The third-order valence-electron chi connectivity index (χ3n) is 5.28. The van der Waals surface area contributed by atoms with E-state index in [0.717, 1.165) is 51.9 Å². The number of aliphatic hydroxyl groups is 1. The summed E-state index contributed by atoms with van der Waals surface area (Å²) in [7, 11) is 0. The minimum absolute atomic E-state index is 0.120. The molecule has 0 saturated carbocycles. The van der Waals surface area contributed by atoms with Crippen LogP contribution in [0.4, 0.5) is 0 Å². The Hall–Kier alpha value is -2.57. The zero-order valence-corrected chi connectivity index (χ0v) is 17.5. The molecule has 6 heteroatoms. The molecule has 0 radical (unpaired) electrons. The Balaban J connectivity index is 1.51. The molecule has 1 amide bonds. The lowest BCUT2D eigenvalue weighted by Crippen LogP contribution is -2.27. The molecule has 29 heavy (non-hydrogen) atoms. The van der Waals surface area contributed by atoms with Crippen LogP contribution in [0.3, 0.4) is 0 Å². The molecule has 1 fully saturated rings. The summed E-state index contributed by atoms with van der Waals surface area (Å²) in [5.41, 5.74) is 2.78. The lowest BCUT2D eigenvalue weighted by Gasteiger charge is -2.14. The average molecular weight is 408 g/mol. The van der Waals surface area contributed by atoms with Crippen molar-refractivity contribution in [1.29, 1.82) is 0 Å². The molecule has 2 aromatic heterocycles. The van der Waals surface area contributed by atoms with Crippen molar-refractivity contribution < 1.29 is 9.90 Å². The van der Waals surface area contributed by atoms with Crippen LogP contribution >= 0.6 is 11.3 Å². The fourth-order valence-corrected chi connectivity index (χ4v) is 4.58. The summed E-state index contributed by atoms with van der Waals surface area (Å²) in [5, 5.41) is 9.79. The van der Waals surface area contributed by atoms with E-state index < -0.39 is 6.10 Å². The standard InChI is InChI=1S/C23H25N3O2S/c1-15-9-11-26(14-15)23(28)21-7-6-20(29-21)19-8-10-24-22(25-19)13-17-4-3-5-18(12-17)16(2)27/h3-8,10,12,15-16,27H,9,11,13-14H2,1-2H3. The fraction of sp³-hybridized carbons (Fsp3) is 0.348. The molecule has 5 nitrogen and oxygen atoms in total. The van der Waals surface area contributed by atoms with E-state index in [1.54, 1.807) is 13.1 Å². The molecule has 1 N–H and O–H groups in total. The molecule has 1 aliphatic heterocycles. The number of aromatic nitrogens is 2. The molecule has 4 rings (SSSR count). The van der Waals surface area contributed by atoms with Crippen LogP contribution in [0.1, 0.15) is 53.0 Å². The second kappa shape index (κ2) is 8.43. The third-order valence-corrected chi connectivity index (χ3v) is 6.38. The Labute approximate surface area is 175 Å². The van der Waals surface area contributed by atoms with Crippen molar-refractivity contribution >= 4 is 17.2 Å². The summed E-state index contributed by atoms with van der Waals surface area (Å²) in [4.78, 5) is 25.5. The molecule has 3 aromatic rings. The molecule has 0 spiro atoms. The Morgan fingerprint density at radius 2 is 2.17 bits per heavy atom. The lowest BCUT2D eigenvalue weighted by atomic mass is 10.0. The van der Waals surface area contributed by atoms with Crippen LogP contribution in [-0.4, -0.2) is 39.0 Å². The average Bonchev–Trinajstić information content (AvgIpc) is 3.37. The van der Waals surface area contributed by atoms with Crippen molar-refractivity contribution in [2.75, 3.05) is 13.1 Å². The summed E-state index contributed by atoms with van der Waals surface area (Å²) < 4.78 is 0. The highest BCUT2D eigenvalue weighted by atomic mass is 32.1. The zero-order valence-electron chi connectivity index (χ0n) is 16.7. The van der Waals surface area contributed by atoms with E-state index in [0.29, 0.717) is 12.3 Å².